The molecular formula is C11H24N2O. The van der Waals surface area contributed by atoms with Crippen LogP contribution >= 0.6 is 0 Å². The van der Waals surface area contributed by atoms with E-state index in [1.54, 1.807) is 0 Å². The van der Waals surface area contributed by atoms with Crippen molar-refractivity contribution in [2.45, 2.75) is 51.2 Å². The molecule has 1 unspecified atom stereocenters. The lowest BCUT2D eigenvalue weighted by Gasteiger charge is -2.29. The Morgan fingerprint density at radius 2 is 1.93 bits per heavy atom. The van der Waals surface area contributed by atoms with Crippen molar-refractivity contribution in [3.8, 4) is 0 Å². The van der Waals surface area contributed by atoms with E-state index < -0.39 is 0 Å². The van der Waals surface area contributed by atoms with Crippen LogP contribution in [0.15, 0.2) is 0 Å². The van der Waals surface area contributed by atoms with Crippen LogP contribution in [0.2, 0.25) is 0 Å². The van der Waals surface area contributed by atoms with Gasteiger partial charge in [-0.25, -0.2) is 0 Å². The normalized spacial score (nSPS) is 30.2. The van der Waals surface area contributed by atoms with E-state index >= 15 is 0 Å². The summed E-state index contributed by atoms with van der Waals surface area (Å²) in [4.78, 5) is 0. The molecule has 0 aromatic heterocycles. The summed E-state index contributed by atoms with van der Waals surface area (Å²) in [7, 11) is 3.76. The highest BCUT2D eigenvalue weighted by Crippen LogP contribution is 2.28. The summed E-state index contributed by atoms with van der Waals surface area (Å²) < 4.78 is 5.36. The van der Waals surface area contributed by atoms with Crippen molar-refractivity contribution in [3.63, 3.8) is 0 Å². The van der Waals surface area contributed by atoms with E-state index in [4.69, 9.17) is 4.74 Å². The molecule has 1 aliphatic rings. The first-order chi connectivity index (χ1) is 6.76. The van der Waals surface area contributed by atoms with E-state index in [2.05, 4.69) is 17.8 Å². The van der Waals surface area contributed by atoms with Crippen LogP contribution in [0.4, 0.5) is 0 Å². The Labute approximate surface area is 87.6 Å². The molecule has 0 bridgehead atoms. The first-order valence-corrected chi connectivity index (χ1v) is 5.71. The minimum absolute atomic E-state index is 0.527. The van der Waals surface area contributed by atoms with Gasteiger partial charge in [0.15, 0.2) is 0 Å². The summed E-state index contributed by atoms with van der Waals surface area (Å²) in [6.07, 6.45) is 6.94. The summed E-state index contributed by atoms with van der Waals surface area (Å²) in [6, 6.07) is 0.573. The lowest BCUT2D eigenvalue weighted by molar-refractivity contribution is 0.0539. The maximum atomic E-state index is 5.36. The van der Waals surface area contributed by atoms with Crippen molar-refractivity contribution in [1.82, 2.24) is 10.9 Å². The Balaban J connectivity index is 2.15. The number of hydrogen-bond acceptors (Lipinski definition) is 3. The maximum absolute atomic E-state index is 5.36. The van der Waals surface area contributed by atoms with Gasteiger partial charge in [-0.2, -0.15) is 0 Å². The van der Waals surface area contributed by atoms with Crippen LogP contribution in [0, 0.1) is 5.92 Å². The molecule has 0 radical (unpaired) electrons. The van der Waals surface area contributed by atoms with Gasteiger partial charge in [0.2, 0.25) is 0 Å². The SMILES string of the molecule is CNNC(C)CC1CCC(OC)CC1. The van der Waals surface area contributed by atoms with Crippen LogP contribution < -0.4 is 10.9 Å². The van der Waals surface area contributed by atoms with Crippen molar-refractivity contribution in [1.29, 1.82) is 0 Å². The first kappa shape index (κ1) is 12.0. The molecule has 0 aliphatic heterocycles. The second-order valence-corrected chi connectivity index (χ2v) is 4.41. The zero-order valence-corrected chi connectivity index (χ0v) is 9.68. The minimum atomic E-state index is 0.527. The third-order valence-corrected chi connectivity index (χ3v) is 3.20. The molecule has 0 aromatic rings. The highest BCUT2D eigenvalue weighted by atomic mass is 16.5. The summed E-state index contributed by atoms with van der Waals surface area (Å²) in [6.45, 7) is 2.24. The van der Waals surface area contributed by atoms with Gasteiger partial charge in [0.25, 0.3) is 0 Å². The van der Waals surface area contributed by atoms with Crippen molar-refractivity contribution in [3.05, 3.63) is 0 Å². The molecule has 3 heteroatoms. The third-order valence-electron chi connectivity index (χ3n) is 3.20. The number of methoxy groups -OCH3 is 1. The van der Waals surface area contributed by atoms with E-state index in [-0.39, 0.29) is 0 Å². The number of ether oxygens (including phenoxy) is 1. The number of hydrogen-bond donors (Lipinski definition) is 2. The van der Waals surface area contributed by atoms with E-state index in [9.17, 15) is 0 Å². The Kier molecular flexibility index (Phi) is 5.45. The molecule has 0 heterocycles. The molecule has 84 valence electrons. The molecule has 1 rings (SSSR count). The van der Waals surface area contributed by atoms with Crippen LogP contribution in [0.1, 0.15) is 39.0 Å². The van der Waals surface area contributed by atoms with Crippen LogP contribution in [0.25, 0.3) is 0 Å². The molecule has 1 atom stereocenters. The van der Waals surface area contributed by atoms with Crippen LogP contribution in [-0.4, -0.2) is 26.3 Å². The van der Waals surface area contributed by atoms with Gasteiger partial charge in [-0.05, 0) is 52.0 Å². The monoisotopic (exact) mass is 200 g/mol. The molecule has 0 aromatic carbocycles. The van der Waals surface area contributed by atoms with Gasteiger partial charge in [-0.15, -0.1) is 0 Å². The van der Waals surface area contributed by atoms with Gasteiger partial charge in [0.1, 0.15) is 0 Å². The summed E-state index contributed by atoms with van der Waals surface area (Å²) in [5.74, 6) is 0.886. The van der Waals surface area contributed by atoms with Crippen LogP contribution in [0.5, 0.6) is 0 Å². The Morgan fingerprint density at radius 3 is 2.43 bits per heavy atom. The average molecular weight is 200 g/mol. The predicted molar refractivity (Wildman–Crippen MR) is 59.0 cm³/mol. The lowest BCUT2D eigenvalue weighted by Crippen LogP contribution is -2.38. The third kappa shape index (κ3) is 3.95. The number of hydrazine groups is 1. The smallest absolute Gasteiger partial charge is 0.0571 e. The molecule has 2 N–H and O–H groups in total. The molecule has 1 saturated carbocycles. The number of rotatable bonds is 5. The van der Waals surface area contributed by atoms with Crippen molar-refractivity contribution >= 4 is 0 Å². The Bertz CT molecular complexity index is 144. The van der Waals surface area contributed by atoms with Gasteiger partial charge in [0, 0.05) is 13.2 Å². The minimum Gasteiger partial charge on any atom is -0.381 e. The summed E-state index contributed by atoms with van der Waals surface area (Å²) in [5, 5.41) is 0. The van der Waals surface area contributed by atoms with Gasteiger partial charge >= 0.3 is 0 Å². The van der Waals surface area contributed by atoms with Crippen LogP contribution in [0.3, 0.4) is 0 Å². The van der Waals surface area contributed by atoms with E-state index in [0.29, 0.717) is 12.1 Å². The molecular weight excluding hydrogens is 176 g/mol. The predicted octanol–water partition coefficient (Wildman–Crippen LogP) is 1.69. The Hall–Kier alpha value is -0.120. The summed E-state index contributed by atoms with van der Waals surface area (Å²) >= 11 is 0. The zero-order chi connectivity index (χ0) is 10.4. The lowest BCUT2D eigenvalue weighted by atomic mass is 9.84. The fourth-order valence-electron chi connectivity index (χ4n) is 2.41. The molecule has 1 fully saturated rings. The number of nitrogens with one attached hydrogen (secondary N) is 2. The van der Waals surface area contributed by atoms with Gasteiger partial charge in [-0.3, -0.25) is 10.9 Å². The van der Waals surface area contributed by atoms with Gasteiger partial charge in [0.05, 0.1) is 6.10 Å². The highest BCUT2D eigenvalue weighted by molar-refractivity contribution is 4.75. The molecule has 3 nitrogen and oxygen atoms in total. The fourth-order valence-corrected chi connectivity index (χ4v) is 2.41. The van der Waals surface area contributed by atoms with Crippen molar-refractivity contribution in [2.24, 2.45) is 5.92 Å². The highest BCUT2D eigenvalue weighted by Gasteiger charge is 2.21. The molecule has 0 saturated heterocycles. The summed E-state index contributed by atoms with van der Waals surface area (Å²) in [5.41, 5.74) is 6.24. The quantitative estimate of drug-likeness (QED) is 0.663. The molecule has 1 aliphatic carbocycles. The van der Waals surface area contributed by atoms with Gasteiger partial charge < -0.3 is 4.74 Å². The fraction of sp³-hybridized carbons (Fsp3) is 1.00. The van der Waals surface area contributed by atoms with Crippen LogP contribution in [-0.2, 0) is 4.74 Å². The van der Waals surface area contributed by atoms with E-state index in [1.165, 1.54) is 32.1 Å². The largest absolute Gasteiger partial charge is 0.381 e. The first-order valence-electron chi connectivity index (χ1n) is 5.71. The zero-order valence-electron chi connectivity index (χ0n) is 9.68. The van der Waals surface area contributed by atoms with Crippen molar-refractivity contribution in [2.75, 3.05) is 14.2 Å². The molecule has 14 heavy (non-hydrogen) atoms. The van der Waals surface area contributed by atoms with E-state index in [0.717, 1.165) is 5.92 Å². The second kappa shape index (κ2) is 6.38. The molecule has 0 amide bonds. The topological polar surface area (TPSA) is 33.3 Å². The van der Waals surface area contributed by atoms with Crippen molar-refractivity contribution < 1.29 is 4.74 Å². The second-order valence-electron chi connectivity index (χ2n) is 4.41. The Morgan fingerprint density at radius 1 is 1.29 bits per heavy atom. The maximum Gasteiger partial charge on any atom is 0.0571 e. The standard InChI is InChI=1S/C11H24N2O/c1-9(13-12-2)8-10-4-6-11(14-3)7-5-10/h9-13H,4-8H2,1-3H3. The molecule has 0 spiro atoms. The van der Waals surface area contributed by atoms with Gasteiger partial charge in [-0.1, -0.05) is 0 Å². The average Bonchev–Trinajstić information content (AvgIpc) is 2.19. The van der Waals surface area contributed by atoms with E-state index in [1.807, 2.05) is 14.2 Å².